The molecule has 1 aliphatic carbocycles. The molecule has 2 rings (SSSR count). The average Bonchev–Trinajstić information content (AvgIpc) is 3.31. The zero-order valence-corrected chi connectivity index (χ0v) is 12.2. The van der Waals surface area contributed by atoms with Crippen molar-refractivity contribution >= 4 is 11.6 Å². The molecule has 0 aromatic heterocycles. The molecule has 0 saturated heterocycles. The highest BCUT2D eigenvalue weighted by Gasteiger charge is 2.29. The van der Waals surface area contributed by atoms with Gasteiger partial charge in [0.15, 0.2) is 0 Å². The van der Waals surface area contributed by atoms with Gasteiger partial charge in [-0.2, -0.15) is 0 Å². The summed E-state index contributed by atoms with van der Waals surface area (Å²) in [7, 11) is 0. The molecule has 1 amide bonds. The number of rotatable bonds is 7. The van der Waals surface area contributed by atoms with Crippen molar-refractivity contribution in [3.05, 3.63) is 24.3 Å². The van der Waals surface area contributed by atoms with E-state index in [4.69, 9.17) is 4.74 Å². The van der Waals surface area contributed by atoms with Crippen LogP contribution in [-0.2, 0) is 4.79 Å². The van der Waals surface area contributed by atoms with Crippen LogP contribution < -0.4 is 10.1 Å². The first kappa shape index (κ1) is 14.9. The number of hydrogen-bond donors (Lipinski definition) is 2. The highest BCUT2D eigenvalue weighted by atomic mass is 16.5. The molecule has 0 bridgehead atoms. The van der Waals surface area contributed by atoms with E-state index in [-0.39, 0.29) is 18.4 Å². The lowest BCUT2D eigenvalue weighted by molar-refractivity contribution is -0.117. The van der Waals surface area contributed by atoms with Crippen molar-refractivity contribution in [1.82, 2.24) is 0 Å². The van der Waals surface area contributed by atoms with Crippen molar-refractivity contribution in [1.29, 1.82) is 0 Å². The maximum Gasteiger partial charge on any atom is 0.227 e. The predicted molar refractivity (Wildman–Crippen MR) is 78.8 cm³/mol. The molecule has 0 atom stereocenters. The number of hydrogen-bond acceptors (Lipinski definition) is 3. The Hall–Kier alpha value is -1.55. The van der Waals surface area contributed by atoms with Gasteiger partial charge in [-0.3, -0.25) is 4.79 Å². The number of anilines is 1. The fourth-order valence-corrected chi connectivity index (χ4v) is 1.90. The molecule has 1 aromatic rings. The third kappa shape index (κ3) is 3.97. The van der Waals surface area contributed by atoms with E-state index in [1.807, 2.05) is 38.1 Å². The van der Waals surface area contributed by atoms with Crippen LogP contribution in [0.15, 0.2) is 24.3 Å². The van der Waals surface area contributed by atoms with Gasteiger partial charge in [0.05, 0.1) is 5.60 Å². The number of benzene rings is 1. The molecule has 2 N–H and O–H groups in total. The second-order valence-corrected chi connectivity index (χ2v) is 5.51. The van der Waals surface area contributed by atoms with E-state index < -0.39 is 5.60 Å². The molecule has 0 radical (unpaired) electrons. The lowest BCUT2D eigenvalue weighted by Gasteiger charge is -2.25. The second kappa shape index (κ2) is 6.27. The van der Waals surface area contributed by atoms with Crippen LogP contribution in [0.3, 0.4) is 0 Å². The number of aliphatic hydroxyl groups is 1. The summed E-state index contributed by atoms with van der Waals surface area (Å²) in [6, 6.07) is 7.28. The molecule has 0 unspecified atom stereocenters. The molecule has 0 heterocycles. The first-order valence-electron chi connectivity index (χ1n) is 7.32. The molecule has 1 fully saturated rings. The Morgan fingerprint density at radius 3 is 2.40 bits per heavy atom. The number of carbonyl (C=O) groups excluding carboxylic acids is 1. The Kier molecular flexibility index (Phi) is 4.65. The maximum absolute atomic E-state index is 11.6. The second-order valence-electron chi connectivity index (χ2n) is 5.51. The van der Waals surface area contributed by atoms with Crippen LogP contribution in [-0.4, -0.2) is 23.2 Å². The molecule has 4 heteroatoms. The molecule has 0 aliphatic heterocycles. The summed E-state index contributed by atoms with van der Waals surface area (Å²) in [4.78, 5) is 11.6. The highest BCUT2D eigenvalue weighted by molar-refractivity contribution is 5.94. The lowest BCUT2D eigenvalue weighted by atomic mass is 9.99. The Bertz CT molecular complexity index is 447. The quantitative estimate of drug-likeness (QED) is 0.805. The normalized spacial score (nSPS) is 14.9. The van der Waals surface area contributed by atoms with E-state index >= 15 is 0 Å². The van der Waals surface area contributed by atoms with Crippen molar-refractivity contribution in [3.8, 4) is 5.75 Å². The van der Waals surface area contributed by atoms with Gasteiger partial charge in [0, 0.05) is 11.6 Å². The summed E-state index contributed by atoms with van der Waals surface area (Å²) >= 11 is 0. The summed E-state index contributed by atoms with van der Waals surface area (Å²) in [6.07, 6.45) is 3.33. The van der Waals surface area contributed by atoms with E-state index in [0.29, 0.717) is 18.6 Å². The fraction of sp³-hybridized carbons (Fsp3) is 0.562. The van der Waals surface area contributed by atoms with Crippen molar-refractivity contribution in [3.63, 3.8) is 0 Å². The van der Waals surface area contributed by atoms with Gasteiger partial charge < -0.3 is 15.2 Å². The Labute approximate surface area is 120 Å². The topological polar surface area (TPSA) is 58.6 Å². The Morgan fingerprint density at radius 2 is 1.90 bits per heavy atom. The standard InChI is InChI=1S/C16H23NO3/c1-3-16(19,4-2)11-20-14-9-7-13(8-10-14)17-15(18)12-5-6-12/h7-10,12,19H,3-6,11H2,1-2H3,(H,17,18). The van der Waals surface area contributed by atoms with Crippen molar-refractivity contribution in [2.75, 3.05) is 11.9 Å². The third-order valence-electron chi connectivity index (χ3n) is 3.89. The van der Waals surface area contributed by atoms with Gasteiger partial charge in [-0.05, 0) is 49.9 Å². The molecule has 1 aromatic carbocycles. The lowest BCUT2D eigenvalue weighted by Crippen LogP contribution is -2.34. The molecule has 0 spiro atoms. The third-order valence-corrected chi connectivity index (χ3v) is 3.89. The molecular weight excluding hydrogens is 254 g/mol. The summed E-state index contributed by atoms with van der Waals surface area (Å²) in [5.74, 6) is 1.01. The van der Waals surface area contributed by atoms with Crippen molar-refractivity contribution in [2.45, 2.75) is 45.1 Å². The van der Waals surface area contributed by atoms with Gasteiger partial charge in [0.1, 0.15) is 12.4 Å². The zero-order chi connectivity index (χ0) is 14.6. The number of ether oxygens (including phenoxy) is 1. The first-order chi connectivity index (χ1) is 9.56. The van der Waals surface area contributed by atoms with Gasteiger partial charge in [0.25, 0.3) is 0 Å². The molecular formula is C16H23NO3. The highest BCUT2D eigenvalue weighted by Crippen LogP contribution is 2.30. The van der Waals surface area contributed by atoms with E-state index in [9.17, 15) is 9.90 Å². The van der Waals surface area contributed by atoms with Crippen LogP contribution >= 0.6 is 0 Å². The van der Waals surface area contributed by atoms with E-state index in [2.05, 4.69) is 5.32 Å². The minimum atomic E-state index is -0.765. The number of nitrogens with one attached hydrogen (secondary N) is 1. The van der Waals surface area contributed by atoms with Gasteiger partial charge in [-0.1, -0.05) is 13.8 Å². The minimum Gasteiger partial charge on any atom is -0.491 e. The smallest absolute Gasteiger partial charge is 0.227 e. The molecule has 1 saturated carbocycles. The summed E-state index contributed by atoms with van der Waals surface area (Å²) in [5, 5.41) is 13.0. The van der Waals surface area contributed by atoms with Crippen LogP contribution in [0.25, 0.3) is 0 Å². The molecule has 20 heavy (non-hydrogen) atoms. The average molecular weight is 277 g/mol. The first-order valence-corrected chi connectivity index (χ1v) is 7.32. The monoisotopic (exact) mass is 277 g/mol. The fourth-order valence-electron chi connectivity index (χ4n) is 1.90. The van der Waals surface area contributed by atoms with Crippen LogP contribution in [0.5, 0.6) is 5.75 Å². The van der Waals surface area contributed by atoms with E-state index in [1.54, 1.807) is 0 Å². The summed E-state index contributed by atoms with van der Waals surface area (Å²) < 4.78 is 5.61. The van der Waals surface area contributed by atoms with Crippen LogP contribution in [0.2, 0.25) is 0 Å². The van der Waals surface area contributed by atoms with Crippen LogP contribution in [0.4, 0.5) is 5.69 Å². The van der Waals surface area contributed by atoms with Crippen molar-refractivity contribution < 1.29 is 14.6 Å². The van der Waals surface area contributed by atoms with Gasteiger partial charge in [-0.25, -0.2) is 0 Å². The largest absolute Gasteiger partial charge is 0.491 e. The Morgan fingerprint density at radius 1 is 1.30 bits per heavy atom. The zero-order valence-electron chi connectivity index (χ0n) is 12.2. The van der Waals surface area contributed by atoms with E-state index in [1.165, 1.54) is 0 Å². The van der Waals surface area contributed by atoms with Crippen LogP contribution in [0.1, 0.15) is 39.5 Å². The molecule has 1 aliphatic rings. The van der Waals surface area contributed by atoms with Gasteiger partial charge in [-0.15, -0.1) is 0 Å². The minimum absolute atomic E-state index is 0.102. The van der Waals surface area contributed by atoms with E-state index in [0.717, 1.165) is 18.5 Å². The SMILES string of the molecule is CCC(O)(CC)COc1ccc(NC(=O)C2CC2)cc1. The summed E-state index contributed by atoms with van der Waals surface area (Å²) in [6.45, 7) is 4.18. The Balaban J connectivity index is 1.86. The van der Waals surface area contributed by atoms with Crippen LogP contribution in [0, 0.1) is 5.92 Å². The van der Waals surface area contributed by atoms with Crippen molar-refractivity contribution in [2.24, 2.45) is 5.92 Å². The van der Waals surface area contributed by atoms with Gasteiger partial charge >= 0.3 is 0 Å². The summed E-state index contributed by atoms with van der Waals surface area (Å²) in [5.41, 5.74) is 0.0225. The predicted octanol–water partition coefficient (Wildman–Crippen LogP) is 2.97. The number of amides is 1. The maximum atomic E-state index is 11.6. The number of carbonyl (C=O) groups is 1. The molecule has 4 nitrogen and oxygen atoms in total. The molecule has 110 valence electrons. The van der Waals surface area contributed by atoms with Gasteiger partial charge in [0.2, 0.25) is 5.91 Å².